The molecule has 1 unspecified atom stereocenters. The van der Waals surface area contributed by atoms with E-state index >= 15 is 0 Å². The first-order valence-electron chi connectivity index (χ1n) is 7.62. The summed E-state index contributed by atoms with van der Waals surface area (Å²) in [6.45, 7) is 5.64. The number of carbonyl (C=O) groups excluding carboxylic acids is 1. The Morgan fingerprint density at radius 2 is 2.41 bits per heavy atom. The SMILES string of the molecule is Cc1ncsc1CN(CC1CCNC1)C(=O)Cc1cccs1. The van der Waals surface area contributed by atoms with Crippen LogP contribution in [0, 0.1) is 12.8 Å². The van der Waals surface area contributed by atoms with Crippen molar-refractivity contribution in [3.8, 4) is 0 Å². The van der Waals surface area contributed by atoms with Crippen molar-refractivity contribution in [3.05, 3.63) is 38.5 Å². The maximum Gasteiger partial charge on any atom is 0.228 e. The van der Waals surface area contributed by atoms with E-state index < -0.39 is 0 Å². The van der Waals surface area contributed by atoms with E-state index in [4.69, 9.17) is 0 Å². The Morgan fingerprint density at radius 3 is 3.05 bits per heavy atom. The molecule has 1 aliphatic rings. The molecule has 0 saturated carbocycles. The minimum Gasteiger partial charge on any atom is -0.337 e. The summed E-state index contributed by atoms with van der Waals surface area (Å²) in [5, 5.41) is 5.42. The van der Waals surface area contributed by atoms with E-state index in [-0.39, 0.29) is 5.91 Å². The van der Waals surface area contributed by atoms with E-state index in [2.05, 4.69) is 10.3 Å². The molecule has 6 heteroatoms. The predicted molar refractivity (Wildman–Crippen MR) is 91.3 cm³/mol. The van der Waals surface area contributed by atoms with Crippen LogP contribution in [0.2, 0.25) is 0 Å². The Balaban J connectivity index is 1.69. The van der Waals surface area contributed by atoms with Gasteiger partial charge >= 0.3 is 0 Å². The topological polar surface area (TPSA) is 45.2 Å². The molecule has 0 radical (unpaired) electrons. The van der Waals surface area contributed by atoms with Gasteiger partial charge in [0.15, 0.2) is 0 Å². The van der Waals surface area contributed by atoms with Crippen molar-refractivity contribution in [2.24, 2.45) is 5.92 Å². The molecule has 4 nitrogen and oxygen atoms in total. The van der Waals surface area contributed by atoms with Gasteiger partial charge in [-0.15, -0.1) is 22.7 Å². The molecule has 0 bridgehead atoms. The number of thiophene rings is 1. The molecule has 1 aliphatic heterocycles. The fraction of sp³-hybridized carbons (Fsp3) is 0.500. The lowest BCUT2D eigenvalue weighted by Gasteiger charge is -2.25. The lowest BCUT2D eigenvalue weighted by atomic mass is 10.1. The smallest absolute Gasteiger partial charge is 0.228 e. The van der Waals surface area contributed by atoms with E-state index in [0.29, 0.717) is 18.9 Å². The fourth-order valence-corrected chi connectivity index (χ4v) is 4.25. The van der Waals surface area contributed by atoms with Gasteiger partial charge in [-0.1, -0.05) is 6.07 Å². The van der Waals surface area contributed by atoms with Crippen LogP contribution in [0.3, 0.4) is 0 Å². The quantitative estimate of drug-likeness (QED) is 0.883. The summed E-state index contributed by atoms with van der Waals surface area (Å²) in [7, 11) is 0. The van der Waals surface area contributed by atoms with E-state index in [9.17, 15) is 4.79 Å². The van der Waals surface area contributed by atoms with Gasteiger partial charge in [0.05, 0.1) is 24.2 Å². The molecule has 0 aliphatic carbocycles. The maximum atomic E-state index is 12.7. The van der Waals surface area contributed by atoms with Crippen molar-refractivity contribution >= 4 is 28.6 Å². The molecular weight excluding hydrogens is 314 g/mol. The maximum absolute atomic E-state index is 12.7. The summed E-state index contributed by atoms with van der Waals surface area (Å²) < 4.78 is 0. The van der Waals surface area contributed by atoms with Gasteiger partial charge < -0.3 is 10.2 Å². The van der Waals surface area contributed by atoms with Gasteiger partial charge in [-0.3, -0.25) is 4.79 Å². The van der Waals surface area contributed by atoms with E-state index in [1.54, 1.807) is 22.7 Å². The van der Waals surface area contributed by atoms with Crippen LogP contribution in [0.4, 0.5) is 0 Å². The summed E-state index contributed by atoms with van der Waals surface area (Å²) in [6, 6.07) is 4.04. The minimum absolute atomic E-state index is 0.224. The first-order chi connectivity index (χ1) is 10.7. The van der Waals surface area contributed by atoms with Crippen LogP contribution in [0.5, 0.6) is 0 Å². The molecule has 1 fully saturated rings. The Bertz CT molecular complexity index is 603. The van der Waals surface area contributed by atoms with Gasteiger partial charge in [0.1, 0.15) is 0 Å². The number of nitrogens with one attached hydrogen (secondary N) is 1. The van der Waals surface area contributed by atoms with Crippen molar-refractivity contribution in [2.75, 3.05) is 19.6 Å². The highest BCUT2D eigenvalue weighted by Gasteiger charge is 2.23. The third-order valence-electron chi connectivity index (χ3n) is 4.08. The lowest BCUT2D eigenvalue weighted by molar-refractivity contribution is -0.131. The zero-order valence-electron chi connectivity index (χ0n) is 12.7. The molecule has 2 aromatic heterocycles. The van der Waals surface area contributed by atoms with Crippen LogP contribution in [0.1, 0.15) is 21.9 Å². The predicted octanol–water partition coefficient (Wildman–Crippen LogP) is 2.69. The largest absolute Gasteiger partial charge is 0.337 e. The minimum atomic E-state index is 0.224. The fourth-order valence-electron chi connectivity index (χ4n) is 2.76. The molecular formula is C16H21N3OS2. The molecule has 0 spiro atoms. The molecule has 118 valence electrons. The van der Waals surface area contributed by atoms with Gasteiger partial charge in [0.25, 0.3) is 0 Å². The molecule has 22 heavy (non-hydrogen) atoms. The van der Waals surface area contributed by atoms with E-state index in [1.807, 2.05) is 34.8 Å². The number of rotatable bonds is 6. The van der Waals surface area contributed by atoms with Gasteiger partial charge in [-0.2, -0.15) is 0 Å². The zero-order valence-corrected chi connectivity index (χ0v) is 14.4. The number of nitrogens with zero attached hydrogens (tertiary/aromatic N) is 2. The van der Waals surface area contributed by atoms with Gasteiger partial charge in [-0.25, -0.2) is 4.98 Å². The molecule has 1 saturated heterocycles. The lowest BCUT2D eigenvalue weighted by Crippen LogP contribution is -2.36. The Hall–Kier alpha value is -1.24. The molecule has 3 rings (SSSR count). The highest BCUT2D eigenvalue weighted by atomic mass is 32.1. The summed E-state index contributed by atoms with van der Waals surface area (Å²) in [5.74, 6) is 0.794. The number of aromatic nitrogens is 1. The zero-order chi connectivity index (χ0) is 15.4. The molecule has 1 atom stereocenters. The Kier molecular flexibility index (Phi) is 5.23. The average molecular weight is 335 g/mol. The third kappa shape index (κ3) is 3.94. The van der Waals surface area contributed by atoms with Crippen LogP contribution < -0.4 is 5.32 Å². The first-order valence-corrected chi connectivity index (χ1v) is 9.38. The van der Waals surface area contributed by atoms with Crippen LogP contribution >= 0.6 is 22.7 Å². The van der Waals surface area contributed by atoms with Crippen LogP contribution in [0.15, 0.2) is 23.0 Å². The van der Waals surface area contributed by atoms with Crippen molar-refractivity contribution in [2.45, 2.75) is 26.3 Å². The second-order valence-electron chi connectivity index (χ2n) is 5.75. The van der Waals surface area contributed by atoms with Crippen LogP contribution in [-0.4, -0.2) is 35.4 Å². The number of thiazole rings is 1. The average Bonchev–Trinajstić information content (AvgIpc) is 3.22. The monoisotopic (exact) mass is 335 g/mol. The summed E-state index contributed by atoms with van der Waals surface area (Å²) >= 11 is 3.30. The Morgan fingerprint density at radius 1 is 1.50 bits per heavy atom. The second kappa shape index (κ2) is 7.35. The number of amides is 1. The summed E-state index contributed by atoms with van der Waals surface area (Å²) in [5.41, 5.74) is 2.91. The van der Waals surface area contributed by atoms with E-state index in [0.717, 1.165) is 36.6 Å². The first kappa shape index (κ1) is 15.6. The second-order valence-corrected chi connectivity index (χ2v) is 7.72. The van der Waals surface area contributed by atoms with Crippen LogP contribution in [0.25, 0.3) is 0 Å². The number of hydrogen-bond acceptors (Lipinski definition) is 5. The molecule has 3 heterocycles. The van der Waals surface area contributed by atoms with E-state index in [1.165, 1.54) is 4.88 Å². The number of aryl methyl sites for hydroxylation is 1. The highest BCUT2D eigenvalue weighted by Crippen LogP contribution is 2.19. The number of carbonyl (C=O) groups is 1. The normalized spacial score (nSPS) is 17.8. The standard InChI is InChI=1S/C16H21N3OS2/c1-12-15(22-11-18-12)10-19(9-13-4-5-17-8-13)16(20)7-14-3-2-6-21-14/h2-3,6,11,13,17H,4-5,7-10H2,1H3. The Labute approximate surface area is 139 Å². The van der Waals surface area contributed by atoms with Crippen molar-refractivity contribution in [1.29, 1.82) is 0 Å². The molecule has 1 amide bonds. The van der Waals surface area contributed by atoms with Gasteiger partial charge in [0, 0.05) is 16.3 Å². The molecule has 0 aromatic carbocycles. The third-order valence-corrected chi connectivity index (χ3v) is 5.87. The summed E-state index contributed by atoms with van der Waals surface area (Å²) in [6.07, 6.45) is 1.67. The van der Waals surface area contributed by atoms with Crippen molar-refractivity contribution in [3.63, 3.8) is 0 Å². The summed E-state index contributed by atoms with van der Waals surface area (Å²) in [4.78, 5) is 21.4. The molecule has 2 aromatic rings. The molecule has 1 N–H and O–H groups in total. The number of hydrogen-bond donors (Lipinski definition) is 1. The van der Waals surface area contributed by atoms with Gasteiger partial charge in [0.2, 0.25) is 5.91 Å². The highest BCUT2D eigenvalue weighted by molar-refractivity contribution is 7.10. The van der Waals surface area contributed by atoms with Crippen LogP contribution in [-0.2, 0) is 17.8 Å². The van der Waals surface area contributed by atoms with Gasteiger partial charge in [-0.05, 0) is 43.8 Å². The van der Waals surface area contributed by atoms with Crippen molar-refractivity contribution in [1.82, 2.24) is 15.2 Å². The van der Waals surface area contributed by atoms with Crippen molar-refractivity contribution < 1.29 is 4.79 Å².